The van der Waals surface area contributed by atoms with Crippen LogP contribution >= 0.6 is 27.3 Å². The summed E-state index contributed by atoms with van der Waals surface area (Å²) >= 11 is 4.86. The first kappa shape index (κ1) is 14.0. The number of thiazole rings is 1. The highest BCUT2D eigenvalue weighted by Gasteiger charge is 2.07. The van der Waals surface area contributed by atoms with Crippen LogP contribution in [0.4, 0.5) is 9.93 Å². The Balaban J connectivity index is 1.63. The summed E-state index contributed by atoms with van der Waals surface area (Å²) < 4.78 is 2.01. The molecule has 21 heavy (non-hydrogen) atoms. The second kappa shape index (κ2) is 6.24. The Morgan fingerprint density at radius 3 is 2.81 bits per heavy atom. The minimum Gasteiger partial charge on any atom is -0.334 e. The molecule has 1 heterocycles. The number of rotatable bonds is 3. The number of urea groups is 1. The van der Waals surface area contributed by atoms with Crippen LogP contribution in [0.5, 0.6) is 0 Å². The van der Waals surface area contributed by atoms with Crippen LogP contribution in [0.2, 0.25) is 0 Å². The highest BCUT2D eigenvalue weighted by molar-refractivity contribution is 9.10. The molecule has 2 amide bonds. The number of nitrogens with zero attached hydrogens (tertiary/aromatic N) is 1. The third-order valence-corrected chi connectivity index (χ3v) is 4.31. The largest absolute Gasteiger partial charge is 0.334 e. The summed E-state index contributed by atoms with van der Waals surface area (Å²) in [7, 11) is 0. The second-order valence-electron chi connectivity index (χ2n) is 4.42. The zero-order valence-electron chi connectivity index (χ0n) is 11.0. The van der Waals surface area contributed by atoms with E-state index in [1.54, 1.807) is 0 Å². The van der Waals surface area contributed by atoms with Crippen molar-refractivity contribution in [1.29, 1.82) is 0 Å². The molecule has 0 atom stereocenters. The van der Waals surface area contributed by atoms with Gasteiger partial charge in [-0.25, -0.2) is 9.78 Å². The Hall–Kier alpha value is -1.92. The van der Waals surface area contributed by atoms with Gasteiger partial charge in [0.1, 0.15) is 0 Å². The number of halogens is 1. The lowest BCUT2D eigenvalue weighted by Gasteiger charge is -2.04. The van der Waals surface area contributed by atoms with Gasteiger partial charge in [0.2, 0.25) is 0 Å². The lowest BCUT2D eigenvalue weighted by molar-refractivity contribution is 0.251. The number of nitrogens with one attached hydrogen (secondary N) is 2. The molecular weight excluding hydrogens is 350 g/mol. The maximum absolute atomic E-state index is 11.9. The highest BCUT2D eigenvalue weighted by atomic mass is 79.9. The quantitative estimate of drug-likeness (QED) is 0.727. The first-order valence-electron chi connectivity index (χ1n) is 6.35. The van der Waals surface area contributed by atoms with Gasteiger partial charge < -0.3 is 5.32 Å². The average molecular weight is 362 g/mol. The van der Waals surface area contributed by atoms with E-state index in [2.05, 4.69) is 31.5 Å². The summed E-state index contributed by atoms with van der Waals surface area (Å²) in [6.45, 7) is 0.489. The van der Waals surface area contributed by atoms with E-state index in [1.807, 2.05) is 48.5 Å². The van der Waals surface area contributed by atoms with Crippen LogP contribution < -0.4 is 10.6 Å². The van der Waals surface area contributed by atoms with E-state index >= 15 is 0 Å². The summed E-state index contributed by atoms with van der Waals surface area (Å²) in [6, 6.07) is 15.4. The van der Waals surface area contributed by atoms with Gasteiger partial charge in [0.15, 0.2) is 5.13 Å². The predicted octanol–water partition coefficient (Wildman–Crippen LogP) is 4.38. The van der Waals surface area contributed by atoms with Gasteiger partial charge >= 0.3 is 6.03 Å². The normalized spacial score (nSPS) is 10.5. The number of carbonyl (C=O) groups is 1. The molecule has 0 aliphatic carbocycles. The van der Waals surface area contributed by atoms with Gasteiger partial charge in [0.05, 0.1) is 10.2 Å². The molecular formula is C15H12BrN3OS. The Labute approximate surface area is 134 Å². The van der Waals surface area contributed by atoms with Crippen molar-refractivity contribution in [1.82, 2.24) is 10.3 Å². The van der Waals surface area contributed by atoms with Crippen molar-refractivity contribution in [2.45, 2.75) is 6.54 Å². The SMILES string of the molecule is O=C(NCc1ccccc1)Nc1nc2cc(Br)ccc2s1. The maximum Gasteiger partial charge on any atom is 0.321 e. The topological polar surface area (TPSA) is 54.0 Å². The Kier molecular flexibility index (Phi) is 4.17. The minimum atomic E-state index is -0.253. The molecule has 0 aliphatic rings. The van der Waals surface area contributed by atoms with E-state index in [9.17, 15) is 4.79 Å². The molecule has 0 saturated carbocycles. The van der Waals surface area contributed by atoms with Gasteiger partial charge in [-0.3, -0.25) is 5.32 Å². The average Bonchev–Trinajstić information content (AvgIpc) is 2.87. The van der Waals surface area contributed by atoms with E-state index in [-0.39, 0.29) is 6.03 Å². The number of benzene rings is 2. The van der Waals surface area contributed by atoms with E-state index in [0.29, 0.717) is 11.7 Å². The fourth-order valence-corrected chi connectivity index (χ4v) is 3.06. The molecule has 0 saturated heterocycles. The van der Waals surface area contributed by atoms with Crippen molar-refractivity contribution in [3.8, 4) is 0 Å². The predicted molar refractivity (Wildman–Crippen MR) is 89.6 cm³/mol. The number of fused-ring (bicyclic) bond motifs is 1. The lowest BCUT2D eigenvalue weighted by Crippen LogP contribution is -2.28. The van der Waals surface area contributed by atoms with E-state index in [0.717, 1.165) is 20.3 Å². The molecule has 4 nitrogen and oxygen atoms in total. The van der Waals surface area contributed by atoms with Crippen molar-refractivity contribution in [3.05, 3.63) is 58.6 Å². The summed E-state index contributed by atoms with van der Waals surface area (Å²) in [5.74, 6) is 0. The lowest BCUT2D eigenvalue weighted by atomic mass is 10.2. The van der Waals surface area contributed by atoms with Crippen LogP contribution in [0.25, 0.3) is 10.2 Å². The van der Waals surface area contributed by atoms with Gasteiger partial charge in [-0.15, -0.1) is 0 Å². The molecule has 3 aromatic rings. The molecule has 0 unspecified atom stereocenters. The number of aromatic nitrogens is 1. The molecule has 3 rings (SSSR count). The highest BCUT2D eigenvalue weighted by Crippen LogP contribution is 2.28. The second-order valence-corrected chi connectivity index (χ2v) is 6.37. The molecule has 6 heteroatoms. The summed E-state index contributed by atoms with van der Waals surface area (Å²) in [6.07, 6.45) is 0. The van der Waals surface area contributed by atoms with Crippen LogP contribution in [-0.2, 0) is 6.54 Å². The fraction of sp³-hybridized carbons (Fsp3) is 0.0667. The molecule has 2 N–H and O–H groups in total. The smallest absolute Gasteiger partial charge is 0.321 e. The molecule has 0 fully saturated rings. The number of carbonyl (C=O) groups excluding carboxylic acids is 1. The molecule has 0 aliphatic heterocycles. The Morgan fingerprint density at radius 2 is 2.00 bits per heavy atom. The third-order valence-electron chi connectivity index (χ3n) is 2.87. The van der Waals surface area contributed by atoms with Crippen molar-refractivity contribution < 1.29 is 4.79 Å². The minimum absolute atomic E-state index is 0.253. The molecule has 0 radical (unpaired) electrons. The summed E-state index contributed by atoms with van der Waals surface area (Å²) in [5, 5.41) is 6.16. The van der Waals surface area contributed by atoms with Gasteiger partial charge in [0, 0.05) is 11.0 Å². The van der Waals surface area contributed by atoms with Crippen molar-refractivity contribution >= 4 is 48.6 Å². The molecule has 1 aromatic heterocycles. The molecule has 0 spiro atoms. The van der Waals surface area contributed by atoms with E-state index < -0.39 is 0 Å². The van der Waals surface area contributed by atoms with E-state index in [4.69, 9.17) is 0 Å². The molecule has 2 aromatic carbocycles. The Bertz CT molecular complexity index is 773. The monoisotopic (exact) mass is 361 g/mol. The van der Waals surface area contributed by atoms with Crippen molar-refractivity contribution in [2.75, 3.05) is 5.32 Å². The van der Waals surface area contributed by atoms with Crippen LogP contribution in [0.1, 0.15) is 5.56 Å². The Morgan fingerprint density at radius 1 is 1.19 bits per heavy atom. The molecule has 0 bridgehead atoms. The molecule has 106 valence electrons. The van der Waals surface area contributed by atoms with Crippen LogP contribution in [0, 0.1) is 0 Å². The van der Waals surface area contributed by atoms with Crippen molar-refractivity contribution in [2.24, 2.45) is 0 Å². The fourth-order valence-electron chi connectivity index (χ4n) is 1.87. The first-order chi connectivity index (χ1) is 10.2. The maximum atomic E-state index is 11.9. The van der Waals surface area contributed by atoms with E-state index in [1.165, 1.54) is 11.3 Å². The van der Waals surface area contributed by atoms with Crippen LogP contribution in [0.3, 0.4) is 0 Å². The van der Waals surface area contributed by atoms with Gasteiger partial charge in [0.25, 0.3) is 0 Å². The zero-order valence-corrected chi connectivity index (χ0v) is 13.4. The summed E-state index contributed by atoms with van der Waals surface area (Å²) in [4.78, 5) is 16.2. The van der Waals surface area contributed by atoms with Gasteiger partial charge in [-0.1, -0.05) is 57.6 Å². The third kappa shape index (κ3) is 3.59. The van der Waals surface area contributed by atoms with Gasteiger partial charge in [-0.2, -0.15) is 0 Å². The first-order valence-corrected chi connectivity index (χ1v) is 7.96. The zero-order chi connectivity index (χ0) is 14.7. The van der Waals surface area contributed by atoms with Gasteiger partial charge in [-0.05, 0) is 23.8 Å². The summed E-state index contributed by atoms with van der Waals surface area (Å²) in [5.41, 5.74) is 1.92. The number of amides is 2. The number of anilines is 1. The van der Waals surface area contributed by atoms with Crippen molar-refractivity contribution in [3.63, 3.8) is 0 Å². The standard InChI is InChI=1S/C15H12BrN3OS/c16-11-6-7-13-12(8-11)18-15(21-13)19-14(20)17-9-10-4-2-1-3-5-10/h1-8H,9H2,(H2,17,18,19,20). The number of hydrogen-bond acceptors (Lipinski definition) is 3. The van der Waals surface area contributed by atoms with Crippen LogP contribution in [-0.4, -0.2) is 11.0 Å². The number of hydrogen-bond donors (Lipinski definition) is 2. The van der Waals surface area contributed by atoms with Crippen LogP contribution in [0.15, 0.2) is 53.0 Å².